The largest absolute Gasteiger partial charge is 0.508 e. The number of aromatic hydroxyl groups is 1. The van der Waals surface area contributed by atoms with E-state index in [1.54, 1.807) is 18.2 Å². The van der Waals surface area contributed by atoms with Crippen LogP contribution in [0.5, 0.6) is 17.5 Å². The predicted octanol–water partition coefficient (Wildman–Crippen LogP) is 8.39. The van der Waals surface area contributed by atoms with Crippen molar-refractivity contribution in [1.82, 2.24) is 35.0 Å². The Morgan fingerprint density at radius 2 is 1.67 bits per heavy atom. The molecular formula is C56H61F4N9O6. The Bertz CT molecular complexity index is 3100. The summed E-state index contributed by atoms with van der Waals surface area (Å²) in [4.78, 5) is 61.6. The molecule has 75 heavy (non-hydrogen) atoms. The number of pyridine rings is 1. The van der Waals surface area contributed by atoms with Gasteiger partial charge in [-0.1, -0.05) is 12.0 Å². The number of nitrogens with one attached hydrogen (secondary N) is 1. The lowest BCUT2D eigenvalue weighted by molar-refractivity contribution is -0.120. The number of nitrogens with zero attached hydrogens (tertiary/aromatic N) is 8. The van der Waals surface area contributed by atoms with Crippen molar-refractivity contribution < 1.29 is 46.5 Å². The first kappa shape index (κ1) is 50.4. The van der Waals surface area contributed by atoms with Crippen LogP contribution in [0, 0.1) is 40.7 Å². The molecule has 0 bridgehead atoms. The molecule has 2 aliphatic carbocycles. The SMILES string of the molecule is C#Cc1c(F)ccc2cc(O)cc(-c3ncc4c(N5CCCC(F)(F)C5)nc(OCC5(CN6CCN(CC7CCC8(CC7)CCN(C(=O)c7ccc(OC)c(N9CCC(=O)NC9=O)c7)CC8)CC6)CC5)nc4c3F)c12. The van der Waals surface area contributed by atoms with Gasteiger partial charge >= 0.3 is 12.0 Å². The Kier molecular flexibility index (Phi) is 13.5. The van der Waals surface area contributed by atoms with Gasteiger partial charge < -0.3 is 34.2 Å². The average Bonchev–Trinajstić information content (AvgIpc) is 4.18. The monoisotopic (exact) mass is 1030 g/mol. The molecular weight excluding hydrogens is 971 g/mol. The average molecular weight is 1030 g/mol. The van der Waals surface area contributed by atoms with Gasteiger partial charge in [0.2, 0.25) is 5.91 Å². The molecule has 2 aromatic heterocycles. The fraction of sp³-hybridized carbons (Fsp3) is 0.500. The molecule has 6 fully saturated rings. The molecule has 394 valence electrons. The van der Waals surface area contributed by atoms with E-state index in [1.165, 1.54) is 47.4 Å². The minimum absolute atomic E-state index is 0.0490. The maximum absolute atomic E-state index is 17.0. The van der Waals surface area contributed by atoms with Gasteiger partial charge in [-0.25, -0.2) is 22.4 Å². The number of carbonyl (C=O) groups excluding carboxylic acids is 3. The summed E-state index contributed by atoms with van der Waals surface area (Å²) in [6.07, 6.45) is 15.5. The number of phenols is 1. The van der Waals surface area contributed by atoms with Gasteiger partial charge in [-0.3, -0.25) is 24.8 Å². The topological polar surface area (TPSA) is 157 Å². The second-order valence-corrected chi connectivity index (χ2v) is 21.8. The molecule has 6 heterocycles. The minimum Gasteiger partial charge on any atom is -0.508 e. The fourth-order valence-corrected chi connectivity index (χ4v) is 12.3. The number of benzene rings is 3. The maximum atomic E-state index is 17.0. The summed E-state index contributed by atoms with van der Waals surface area (Å²) < 4.78 is 73.6. The zero-order valence-corrected chi connectivity index (χ0v) is 42.1. The zero-order valence-electron chi connectivity index (χ0n) is 42.1. The van der Waals surface area contributed by atoms with Crippen LogP contribution in [-0.2, 0) is 4.79 Å². The van der Waals surface area contributed by atoms with Crippen molar-refractivity contribution in [3.63, 3.8) is 0 Å². The van der Waals surface area contributed by atoms with Gasteiger partial charge in [0.25, 0.3) is 11.8 Å². The summed E-state index contributed by atoms with van der Waals surface area (Å²) in [6.45, 7) is 7.11. The molecule has 2 saturated carbocycles. The first-order chi connectivity index (χ1) is 36.1. The number of likely N-dealkylation sites (tertiary alicyclic amines) is 1. The number of halogens is 4. The molecule has 1 spiro atoms. The third-order valence-electron chi connectivity index (χ3n) is 16.8. The summed E-state index contributed by atoms with van der Waals surface area (Å²) >= 11 is 0. The lowest BCUT2D eigenvalue weighted by Crippen LogP contribution is -2.50. The Morgan fingerprint density at radius 3 is 2.37 bits per heavy atom. The Labute approximate surface area is 432 Å². The minimum atomic E-state index is -2.99. The van der Waals surface area contributed by atoms with Crippen LogP contribution in [0.25, 0.3) is 32.9 Å². The van der Waals surface area contributed by atoms with E-state index in [2.05, 4.69) is 36.0 Å². The molecule has 2 N–H and O–H groups in total. The highest BCUT2D eigenvalue weighted by Gasteiger charge is 2.46. The first-order valence-electron chi connectivity index (χ1n) is 26.2. The summed E-state index contributed by atoms with van der Waals surface area (Å²) in [5.74, 6) is -1.70. The normalized spacial score (nSPS) is 21.1. The van der Waals surface area contributed by atoms with E-state index in [4.69, 9.17) is 15.9 Å². The number of aromatic nitrogens is 3. The second kappa shape index (κ2) is 20.1. The van der Waals surface area contributed by atoms with Crippen LogP contribution >= 0.6 is 0 Å². The number of imide groups is 1. The van der Waals surface area contributed by atoms with Gasteiger partial charge in [-0.2, -0.15) is 9.97 Å². The molecule has 6 aliphatic rings. The number of anilines is 2. The summed E-state index contributed by atoms with van der Waals surface area (Å²) in [7, 11) is 1.51. The maximum Gasteiger partial charge on any atom is 0.328 e. The van der Waals surface area contributed by atoms with Crippen molar-refractivity contribution in [2.45, 2.75) is 76.6 Å². The van der Waals surface area contributed by atoms with Crippen LogP contribution in [0.4, 0.5) is 33.9 Å². The van der Waals surface area contributed by atoms with Crippen molar-refractivity contribution in [1.29, 1.82) is 0 Å². The van der Waals surface area contributed by atoms with Gasteiger partial charge in [-0.15, -0.1) is 6.42 Å². The van der Waals surface area contributed by atoms with E-state index in [9.17, 15) is 28.3 Å². The first-order valence-corrected chi connectivity index (χ1v) is 26.2. The van der Waals surface area contributed by atoms with E-state index >= 15 is 8.78 Å². The lowest BCUT2D eigenvalue weighted by atomic mass is 9.65. The van der Waals surface area contributed by atoms with E-state index < -0.39 is 30.1 Å². The Morgan fingerprint density at radius 1 is 0.907 bits per heavy atom. The molecule has 15 nitrogen and oxygen atoms in total. The number of carbonyl (C=O) groups is 3. The number of methoxy groups -OCH3 is 1. The van der Waals surface area contributed by atoms with Gasteiger partial charge in [0, 0.05) is 106 Å². The molecule has 19 heteroatoms. The Hall–Kier alpha value is -6.78. The van der Waals surface area contributed by atoms with E-state index in [0.29, 0.717) is 41.4 Å². The molecule has 0 radical (unpaired) electrons. The predicted molar refractivity (Wildman–Crippen MR) is 274 cm³/mol. The van der Waals surface area contributed by atoms with Crippen molar-refractivity contribution in [3.8, 4) is 41.1 Å². The number of fused-ring (bicyclic) bond motifs is 2. The van der Waals surface area contributed by atoms with Gasteiger partial charge in [0.05, 0.1) is 36.9 Å². The van der Waals surface area contributed by atoms with Gasteiger partial charge in [0.15, 0.2) is 5.82 Å². The number of alkyl halides is 2. The van der Waals surface area contributed by atoms with Gasteiger partial charge in [0.1, 0.15) is 34.3 Å². The number of hydrogen-bond acceptors (Lipinski definition) is 12. The standard InChI is InChI=1S/C56H61F4N9O6/c1-3-39-42(57)7-5-36-27-38(70)29-40(46(36)39)48-47(58)49-41(30-61-48)50(68-19-4-12-56(59,60)33-68)64-52(63-49)75-34-55(15-16-55)32-66-25-23-65(24-26-66)31-35-9-13-54(14-10-35)17-21-67(22-18-54)51(72)37-6-8-44(74-2)43(28-37)69-20-11-45(71)62-53(69)73/h1,5-8,27-30,35,70H,4,9-26,31-34H2,2H3,(H,62,71,73). The number of hydrogen-bond donors (Lipinski definition) is 2. The summed E-state index contributed by atoms with van der Waals surface area (Å²) in [5.41, 5.74) is 0.498. The van der Waals surface area contributed by atoms with Crippen molar-refractivity contribution >= 4 is 51.0 Å². The van der Waals surface area contributed by atoms with Crippen LogP contribution in [0.1, 0.15) is 86.6 Å². The van der Waals surface area contributed by atoms with Crippen LogP contribution < -0.4 is 24.6 Å². The van der Waals surface area contributed by atoms with Crippen molar-refractivity contribution in [2.75, 3.05) is 95.5 Å². The van der Waals surface area contributed by atoms with Crippen LogP contribution in [0.3, 0.4) is 0 Å². The summed E-state index contributed by atoms with van der Waals surface area (Å²) in [6, 6.07) is 9.74. The molecule has 3 aromatic carbocycles. The molecule has 4 saturated heterocycles. The highest BCUT2D eigenvalue weighted by atomic mass is 19.3. The molecule has 0 unspecified atom stereocenters. The molecule has 4 aliphatic heterocycles. The van der Waals surface area contributed by atoms with Crippen molar-refractivity contribution in [3.05, 3.63) is 71.4 Å². The number of rotatable bonds is 12. The number of urea groups is 1. The van der Waals surface area contributed by atoms with Crippen molar-refractivity contribution in [2.24, 2.45) is 16.7 Å². The number of phenolic OH excluding ortho intramolecular Hbond substituents is 1. The molecule has 4 amide bonds. The second-order valence-electron chi connectivity index (χ2n) is 21.8. The highest BCUT2D eigenvalue weighted by molar-refractivity contribution is 6.07. The molecule has 0 atom stereocenters. The van der Waals surface area contributed by atoms with Crippen LogP contribution in [-0.4, -0.2) is 144 Å². The third-order valence-corrected chi connectivity index (χ3v) is 16.8. The van der Waals surface area contributed by atoms with Crippen LogP contribution in [0.15, 0.2) is 48.7 Å². The smallest absolute Gasteiger partial charge is 0.328 e. The van der Waals surface area contributed by atoms with Gasteiger partial charge in [-0.05, 0) is 111 Å². The number of ether oxygens (including phenoxy) is 2. The van der Waals surface area contributed by atoms with E-state index in [-0.39, 0.29) is 112 Å². The number of piperazine rings is 1. The number of terminal acetylenes is 1. The quantitative estimate of drug-likeness (QED) is 0.0911. The third kappa shape index (κ3) is 10.2. The zero-order chi connectivity index (χ0) is 52.2. The number of piperidine rings is 2. The highest BCUT2D eigenvalue weighted by Crippen LogP contribution is 2.49. The fourth-order valence-electron chi connectivity index (χ4n) is 12.3. The molecule has 5 aromatic rings. The Balaban J connectivity index is 0.696. The van der Waals surface area contributed by atoms with E-state index in [1.807, 2.05) is 4.90 Å². The molecule has 11 rings (SSSR count). The lowest BCUT2D eigenvalue weighted by Gasteiger charge is -2.47. The van der Waals surface area contributed by atoms with E-state index in [0.717, 1.165) is 90.6 Å². The summed E-state index contributed by atoms with van der Waals surface area (Å²) in [5, 5.41) is 13.7. The number of amides is 4. The van der Waals surface area contributed by atoms with Crippen LogP contribution in [0.2, 0.25) is 0 Å².